The van der Waals surface area contributed by atoms with Gasteiger partial charge in [0.15, 0.2) is 0 Å². The molecule has 0 aromatic heterocycles. The minimum Gasteiger partial charge on any atom is -0.461 e. The first-order valence-corrected chi connectivity index (χ1v) is 7.46. The predicted octanol–water partition coefficient (Wildman–Crippen LogP) is 3.08. The summed E-state index contributed by atoms with van der Waals surface area (Å²) in [6.07, 6.45) is 8.92. The van der Waals surface area contributed by atoms with Crippen LogP contribution in [-0.2, 0) is 9.53 Å². The molecule has 15 heavy (non-hydrogen) atoms. The molecule has 0 radical (unpaired) electrons. The number of ether oxygens (including phenoxy) is 1. The van der Waals surface area contributed by atoms with Crippen LogP contribution in [0.25, 0.3) is 0 Å². The van der Waals surface area contributed by atoms with Gasteiger partial charge in [0.05, 0.1) is 6.42 Å². The van der Waals surface area contributed by atoms with E-state index >= 15 is 0 Å². The lowest BCUT2D eigenvalue weighted by molar-refractivity contribution is -0.140. The molecule has 0 bridgehead atoms. The Labute approximate surface area is 104 Å². The van der Waals surface area contributed by atoms with Crippen molar-refractivity contribution in [3.8, 4) is 0 Å². The molecule has 2 spiro atoms. The standard InChI is InChI=1S/C12H17IO2/c13-8-9-12(7-10(14)15-9)5-3-11(1-2-11)4-6-12/h9H,1-8H2. The first kappa shape index (κ1) is 10.4. The highest BCUT2D eigenvalue weighted by molar-refractivity contribution is 14.1. The number of hydrogen-bond acceptors (Lipinski definition) is 2. The fraction of sp³-hybridized carbons (Fsp3) is 0.917. The van der Waals surface area contributed by atoms with Crippen LogP contribution in [0.3, 0.4) is 0 Å². The number of esters is 1. The van der Waals surface area contributed by atoms with Gasteiger partial charge in [-0.3, -0.25) is 4.79 Å². The average molecular weight is 320 g/mol. The number of rotatable bonds is 1. The average Bonchev–Trinajstić information content (AvgIpc) is 2.92. The van der Waals surface area contributed by atoms with Crippen molar-refractivity contribution in [1.82, 2.24) is 0 Å². The van der Waals surface area contributed by atoms with Crippen molar-refractivity contribution >= 4 is 28.6 Å². The Balaban J connectivity index is 1.76. The van der Waals surface area contributed by atoms with Gasteiger partial charge in [0.2, 0.25) is 0 Å². The van der Waals surface area contributed by atoms with Crippen LogP contribution in [0.1, 0.15) is 44.9 Å². The van der Waals surface area contributed by atoms with Crippen LogP contribution in [0, 0.1) is 10.8 Å². The summed E-state index contributed by atoms with van der Waals surface area (Å²) in [7, 11) is 0. The maximum absolute atomic E-state index is 11.4. The largest absolute Gasteiger partial charge is 0.461 e. The highest BCUT2D eigenvalue weighted by Crippen LogP contribution is 2.62. The van der Waals surface area contributed by atoms with Gasteiger partial charge in [-0.25, -0.2) is 0 Å². The van der Waals surface area contributed by atoms with Gasteiger partial charge in [0.1, 0.15) is 6.10 Å². The molecule has 0 amide bonds. The molecular formula is C12H17IO2. The molecule has 0 aromatic carbocycles. The predicted molar refractivity (Wildman–Crippen MR) is 66.0 cm³/mol. The second-order valence-electron chi connectivity index (χ2n) is 5.67. The van der Waals surface area contributed by atoms with E-state index in [0.29, 0.717) is 11.8 Å². The first-order valence-electron chi connectivity index (χ1n) is 5.94. The summed E-state index contributed by atoms with van der Waals surface area (Å²) < 4.78 is 6.41. The fourth-order valence-electron chi connectivity index (χ4n) is 3.38. The first-order chi connectivity index (χ1) is 7.18. The van der Waals surface area contributed by atoms with Crippen molar-refractivity contribution in [3.63, 3.8) is 0 Å². The Morgan fingerprint density at radius 1 is 1.20 bits per heavy atom. The van der Waals surface area contributed by atoms with Crippen LogP contribution >= 0.6 is 22.6 Å². The molecular weight excluding hydrogens is 303 g/mol. The van der Waals surface area contributed by atoms with Crippen LogP contribution < -0.4 is 0 Å². The molecule has 84 valence electrons. The molecule has 1 atom stereocenters. The molecule has 1 unspecified atom stereocenters. The van der Waals surface area contributed by atoms with Crippen LogP contribution in [0.5, 0.6) is 0 Å². The van der Waals surface area contributed by atoms with Crippen LogP contribution in [0.4, 0.5) is 0 Å². The summed E-state index contributed by atoms with van der Waals surface area (Å²) in [5, 5.41) is 0. The van der Waals surface area contributed by atoms with E-state index in [-0.39, 0.29) is 17.5 Å². The third-order valence-corrected chi connectivity index (χ3v) is 5.66. The van der Waals surface area contributed by atoms with Gasteiger partial charge in [-0.2, -0.15) is 0 Å². The minimum atomic E-state index is 0.0448. The monoisotopic (exact) mass is 320 g/mol. The summed E-state index contributed by atoms with van der Waals surface area (Å²) in [6, 6.07) is 0. The van der Waals surface area contributed by atoms with Gasteiger partial charge >= 0.3 is 5.97 Å². The highest BCUT2D eigenvalue weighted by atomic mass is 127. The molecule has 3 fully saturated rings. The number of alkyl halides is 1. The Bertz CT molecular complexity index is 286. The molecule has 3 heteroatoms. The Morgan fingerprint density at radius 3 is 2.33 bits per heavy atom. The molecule has 0 N–H and O–H groups in total. The van der Waals surface area contributed by atoms with Crippen LogP contribution in [0.2, 0.25) is 0 Å². The van der Waals surface area contributed by atoms with E-state index in [0.717, 1.165) is 4.43 Å². The van der Waals surface area contributed by atoms with Crippen molar-refractivity contribution in [2.24, 2.45) is 10.8 Å². The van der Waals surface area contributed by atoms with Gasteiger partial charge in [0.25, 0.3) is 0 Å². The summed E-state index contributed by atoms with van der Waals surface area (Å²) in [4.78, 5) is 11.4. The number of halogens is 1. The molecule has 1 heterocycles. The van der Waals surface area contributed by atoms with Gasteiger partial charge in [0, 0.05) is 9.84 Å². The van der Waals surface area contributed by atoms with Crippen LogP contribution in [0.15, 0.2) is 0 Å². The normalized spacial score (nSPS) is 35.8. The van der Waals surface area contributed by atoms with Crippen molar-refractivity contribution in [2.75, 3.05) is 4.43 Å². The third kappa shape index (κ3) is 1.61. The van der Waals surface area contributed by atoms with E-state index < -0.39 is 0 Å². The maximum Gasteiger partial charge on any atom is 0.306 e. The number of cyclic esters (lactones) is 1. The lowest BCUT2D eigenvalue weighted by Crippen LogP contribution is -2.36. The smallest absolute Gasteiger partial charge is 0.306 e. The van der Waals surface area contributed by atoms with Gasteiger partial charge in [-0.1, -0.05) is 22.6 Å². The van der Waals surface area contributed by atoms with Gasteiger partial charge < -0.3 is 4.74 Å². The summed E-state index contributed by atoms with van der Waals surface area (Å²) in [6.45, 7) is 0. The Kier molecular flexibility index (Phi) is 2.31. The maximum atomic E-state index is 11.4. The molecule has 2 nitrogen and oxygen atoms in total. The number of hydrogen-bond donors (Lipinski definition) is 0. The van der Waals surface area contributed by atoms with Gasteiger partial charge in [-0.15, -0.1) is 0 Å². The molecule has 3 aliphatic rings. The second kappa shape index (κ2) is 3.34. The number of carbonyl (C=O) groups is 1. The molecule has 3 rings (SSSR count). The second-order valence-corrected chi connectivity index (χ2v) is 6.55. The summed E-state index contributed by atoms with van der Waals surface area (Å²) >= 11 is 2.36. The highest BCUT2D eigenvalue weighted by Gasteiger charge is 2.55. The lowest BCUT2D eigenvalue weighted by atomic mass is 9.66. The van der Waals surface area contributed by atoms with Crippen molar-refractivity contribution < 1.29 is 9.53 Å². The SMILES string of the molecule is O=C1CC2(CCC3(CC3)CC2)C(CI)O1. The molecule has 0 aromatic rings. The van der Waals surface area contributed by atoms with E-state index in [1.807, 2.05) is 0 Å². The minimum absolute atomic E-state index is 0.0448. The Hall–Kier alpha value is 0.200. The summed E-state index contributed by atoms with van der Waals surface area (Å²) in [5.74, 6) is 0.0448. The van der Waals surface area contributed by atoms with E-state index in [9.17, 15) is 4.79 Å². The Morgan fingerprint density at radius 2 is 1.80 bits per heavy atom. The number of carbonyl (C=O) groups excluding carboxylic acids is 1. The van der Waals surface area contributed by atoms with E-state index in [1.54, 1.807) is 0 Å². The summed E-state index contributed by atoms with van der Waals surface area (Å²) in [5.41, 5.74) is 0.943. The fourth-order valence-corrected chi connectivity index (χ4v) is 4.49. The van der Waals surface area contributed by atoms with Crippen LogP contribution in [-0.4, -0.2) is 16.5 Å². The molecule has 1 saturated heterocycles. The zero-order valence-corrected chi connectivity index (χ0v) is 11.1. The van der Waals surface area contributed by atoms with E-state index in [4.69, 9.17) is 4.74 Å². The third-order valence-electron chi connectivity index (χ3n) is 4.86. The molecule has 1 aliphatic heterocycles. The zero-order valence-electron chi connectivity index (χ0n) is 8.93. The topological polar surface area (TPSA) is 26.3 Å². The molecule has 2 saturated carbocycles. The zero-order chi connectivity index (χ0) is 10.5. The van der Waals surface area contributed by atoms with Gasteiger partial charge in [-0.05, 0) is 43.9 Å². The molecule has 2 aliphatic carbocycles. The van der Waals surface area contributed by atoms with Crippen molar-refractivity contribution in [3.05, 3.63) is 0 Å². The van der Waals surface area contributed by atoms with E-state index in [2.05, 4.69) is 22.6 Å². The van der Waals surface area contributed by atoms with E-state index in [1.165, 1.54) is 38.5 Å². The van der Waals surface area contributed by atoms with Crippen molar-refractivity contribution in [2.45, 2.75) is 51.0 Å². The lowest BCUT2D eigenvalue weighted by Gasteiger charge is -2.39. The van der Waals surface area contributed by atoms with Crippen molar-refractivity contribution in [1.29, 1.82) is 0 Å². The quantitative estimate of drug-likeness (QED) is 0.422.